The van der Waals surface area contributed by atoms with Gasteiger partial charge >= 0.3 is 111 Å². The Balaban J connectivity index is 0. The van der Waals surface area contributed by atoms with E-state index in [2.05, 4.69) is 59.4 Å². The maximum Gasteiger partial charge on any atom is -1.00 e. The van der Waals surface area contributed by atoms with Gasteiger partial charge in [-0.3, -0.25) is 0 Å². The third kappa shape index (κ3) is 4.29. The van der Waals surface area contributed by atoms with Gasteiger partial charge in [-0.2, -0.15) is 0 Å². The van der Waals surface area contributed by atoms with E-state index < -0.39 is 0 Å². The van der Waals surface area contributed by atoms with Gasteiger partial charge in [0.1, 0.15) is 0 Å². The summed E-state index contributed by atoms with van der Waals surface area (Å²) in [6.45, 7) is 6.83. The first kappa shape index (κ1) is 22.4. The zero-order chi connectivity index (χ0) is 11.7. The van der Waals surface area contributed by atoms with Crippen molar-refractivity contribution in [2.75, 3.05) is 0 Å². The molecule has 0 radical (unpaired) electrons. The van der Waals surface area contributed by atoms with Crippen molar-refractivity contribution >= 4 is 6.08 Å². The number of hydrogen-bond donors (Lipinski definition) is 0. The molecule has 1 aliphatic rings. The summed E-state index contributed by atoms with van der Waals surface area (Å²) in [6.07, 6.45) is 8.16. The fourth-order valence-electron chi connectivity index (χ4n) is 2.79. The van der Waals surface area contributed by atoms with Gasteiger partial charge < -0.3 is 50.9 Å². The van der Waals surface area contributed by atoms with Gasteiger partial charge in [-0.25, -0.2) is 0 Å². The molecule has 0 N–H and O–H groups in total. The number of hydrogen-bond acceptors (Lipinski definition) is 0. The molecule has 0 spiro atoms. The Morgan fingerprint density at radius 1 is 0.947 bits per heavy atom. The Morgan fingerprint density at radius 2 is 1.53 bits per heavy atom. The minimum absolute atomic E-state index is 0. The summed E-state index contributed by atoms with van der Waals surface area (Å²) in [7, 11) is 0. The quantitative estimate of drug-likeness (QED) is 0.376. The van der Waals surface area contributed by atoms with Crippen LogP contribution in [0.15, 0.2) is 12.1 Å². The van der Waals surface area contributed by atoms with Gasteiger partial charge in [-0.1, -0.05) is 0 Å². The zero-order valence-electron chi connectivity index (χ0n) is 11.6. The summed E-state index contributed by atoms with van der Waals surface area (Å²) in [5.41, 5.74) is 7.82. The first-order valence-corrected chi connectivity index (χ1v) is 7.19. The van der Waals surface area contributed by atoms with Gasteiger partial charge in [-0.05, 0) is 0 Å². The molecule has 0 aromatic heterocycles. The molecular formula is C15H19Br3Ti. The topological polar surface area (TPSA) is 0 Å². The van der Waals surface area contributed by atoms with Gasteiger partial charge in [0.15, 0.2) is 0 Å². The Morgan fingerprint density at radius 3 is 2.00 bits per heavy atom. The molecular weight excluding hydrogens is 468 g/mol. The van der Waals surface area contributed by atoms with Crippen LogP contribution in [0.25, 0.3) is 6.08 Å². The summed E-state index contributed by atoms with van der Waals surface area (Å²) in [5.74, 6) is 0. The predicted octanol–water partition coefficient (Wildman–Crippen LogP) is -5.00. The van der Waals surface area contributed by atoms with Crippen molar-refractivity contribution in [3.63, 3.8) is 0 Å². The fourth-order valence-corrected chi connectivity index (χ4v) is 3.32. The summed E-state index contributed by atoms with van der Waals surface area (Å²) in [4.78, 5) is 0. The van der Waals surface area contributed by atoms with E-state index in [0.717, 1.165) is 12.8 Å². The maximum absolute atomic E-state index is 2.44. The zero-order valence-corrected chi connectivity index (χ0v) is 17.9. The SMILES string of the molecule is CCc1cc2c(c(CC)c1CC)C=C[CH]2[Ti+3].[Br-].[Br-].[Br-]. The summed E-state index contributed by atoms with van der Waals surface area (Å²) >= 11 is 2.30. The van der Waals surface area contributed by atoms with Gasteiger partial charge in [0.25, 0.3) is 0 Å². The van der Waals surface area contributed by atoms with Crippen LogP contribution in [0.1, 0.15) is 52.8 Å². The van der Waals surface area contributed by atoms with E-state index in [1.165, 1.54) is 12.0 Å². The van der Waals surface area contributed by atoms with Crippen molar-refractivity contribution in [2.24, 2.45) is 0 Å². The number of rotatable bonds is 3. The monoisotopic (exact) mass is 484 g/mol. The molecule has 0 heterocycles. The molecule has 1 atom stereocenters. The van der Waals surface area contributed by atoms with Crippen LogP contribution in [0.4, 0.5) is 0 Å². The van der Waals surface area contributed by atoms with Crippen LogP contribution in [-0.4, -0.2) is 0 Å². The molecule has 104 valence electrons. The van der Waals surface area contributed by atoms with Crippen LogP contribution in [0.2, 0.25) is 0 Å². The molecule has 2 rings (SSSR count). The number of benzene rings is 1. The van der Waals surface area contributed by atoms with Crippen molar-refractivity contribution in [1.29, 1.82) is 0 Å². The molecule has 0 saturated heterocycles. The third-order valence-corrected chi connectivity index (χ3v) is 4.38. The molecule has 0 nitrogen and oxygen atoms in total. The van der Waals surface area contributed by atoms with Crippen LogP contribution < -0.4 is 50.9 Å². The van der Waals surface area contributed by atoms with E-state index in [4.69, 9.17) is 0 Å². The summed E-state index contributed by atoms with van der Waals surface area (Å²) in [6, 6.07) is 2.44. The molecule has 1 aromatic carbocycles. The average Bonchev–Trinajstić information content (AvgIpc) is 2.68. The number of allylic oxidation sites excluding steroid dienone is 1. The van der Waals surface area contributed by atoms with Crippen LogP contribution in [-0.2, 0) is 39.7 Å². The normalized spacial score (nSPS) is 15.1. The number of aryl methyl sites for hydroxylation is 1. The molecule has 4 heteroatoms. The third-order valence-electron chi connectivity index (χ3n) is 3.60. The smallest absolute Gasteiger partial charge is 1.00 e. The minimum Gasteiger partial charge on any atom is -1.00 e. The Kier molecular flexibility index (Phi) is 11.7. The predicted molar refractivity (Wildman–Crippen MR) is 66.4 cm³/mol. The van der Waals surface area contributed by atoms with Crippen molar-refractivity contribution in [2.45, 2.75) is 44.3 Å². The molecule has 19 heavy (non-hydrogen) atoms. The van der Waals surface area contributed by atoms with Gasteiger partial charge in [0.05, 0.1) is 0 Å². The van der Waals surface area contributed by atoms with Gasteiger partial charge in [0, 0.05) is 0 Å². The van der Waals surface area contributed by atoms with Gasteiger partial charge in [0.2, 0.25) is 0 Å². The molecule has 1 aromatic rings. The Bertz CT molecular complexity index is 442. The fraction of sp³-hybridized carbons (Fsp3) is 0.467. The van der Waals surface area contributed by atoms with Crippen LogP contribution in [0.5, 0.6) is 0 Å². The van der Waals surface area contributed by atoms with Crippen LogP contribution in [0.3, 0.4) is 0 Å². The number of fused-ring (bicyclic) bond motifs is 1. The van der Waals surface area contributed by atoms with Crippen molar-refractivity contribution in [1.82, 2.24) is 0 Å². The van der Waals surface area contributed by atoms with E-state index in [-0.39, 0.29) is 50.9 Å². The molecule has 0 saturated carbocycles. The van der Waals surface area contributed by atoms with Crippen molar-refractivity contribution in [3.8, 4) is 0 Å². The van der Waals surface area contributed by atoms with Crippen molar-refractivity contribution in [3.05, 3.63) is 40.0 Å². The van der Waals surface area contributed by atoms with Crippen molar-refractivity contribution < 1.29 is 71.4 Å². The average molecular weight is 487 g/mol. The van der Waals surface area contributed by atoms with E-state index in [9.17, 15) is 0 Å². The second-order valence-corrected chi connectivity index (χ2v) is 5.36. The molecule has 1 unspecified atom stereocenters. The molecule has 0 aliphatic heterocycles. The minimum atomic E-state index is 0. The first-order valence-electron chi connectivity index (χ1n) is 6.29. The second-order valence-electron chi connectivity index (χ2n) is 4.39. The molecule has 0 bridgehead atoms. The van der Waals surface area contributed by atoms with E-state index in [1.807, 2.05) is 0 Å². The Hall–Kier alpha value is 1.11. The number of halogens is 3. The van der Waals surface area contributed by atoms with Crippen LogP contribution >= 0.6 is 0 Å². The second kappa shape index (κ2) is 9.94. The summed E-state index contributed by atoms with van der Waals surface area (Å²) < 4.78 is 0.608. The molecule has 1 aliphatic carbocycles. The molecule has 0 amide bonds. The van der Waals surface area contributed by atoms with E-state index in [1.54, 1.807) is 22.3 Å². The molecule has 0 fully saturated rings. The van der Waals surface area contributed by atoms with E-state index >= 15 is 0 Å². The van der Waals surface area contributed by atoms with Crippen LogP contribution in [0, 0.1) is 0 Å². The van der Waals surface area contributed by atoms with E-state index in [0.29, 0.717) is 4.22 Å². The largest absolute Gasteiger partial charge is 1.00 e. The first-order chi connectivity index (χ1) is 7.72. The Labute approximate surface area is 160 Å². The maximum atomic E-state index is 2.44. The van der Waals surface area contributed by atoms with Gasteiger partial charge in [-0.15, -0.1) is 0 Å². The standard InChI is InChI=1S/C15H19.3BrH.Ti/c1-4-11-10-12-8-7-9-15(12)14(6-3)13(11)5-2;;;;/h7-10H,4-6H2,1-3H3;3*1H;/q;;;;+3/p-3. The summed E-state index contributed by atoms with van der Waals surface area (Å²) in [5, 5.41) is 0.